The Labute approximate surface area is 380 Å². The number of hydrogen-bond donors (Lipinski definition) is 10. The summed E-state index contributed by atoms with van der Waals surface area (Å²) in [6.07, 6.45) is -13.6. The molecule has 0 radical (unpaired) electrons. The van der Waals surface area contributed by atoms with Gasteiger partial charge in [-0.25, -0.2) is 4.79 Å². The van der Waals surface area contributed by atoms with Crippen LogP contribution in [-0.2, 0) is 38.0 Å². The van der Waals surface area contributed by atoms with Gasteiger partial charge in [0.25, 0.3) is 0 Å². The molecule has 0 bridgehead atoms. The molecule has 4 saturated carbocycles. The Morgan fingerprint density at radius 3 is 2.05 bits per heavy atom. The lowest BCUT2D eigenvalue weighted by atomic mass is 9.33. The zero-order chi connectivity index (χ0) is 47.6. The number of rotatable bonds is 8. The summed E-state index contributed by atoms with van der Waals surface area (Å²) in [6, 6.07) is 0. The first-order valence-corrected chi connectivity index (χ1v) is 23.7. The maximum absolute atomic E-state index is 14.6. The molecule has 22 atom stereocenters. The van der Waals surface area contributed by atoms with Crippen LogP contribution in [-0.4, -0.2) is 168 Å². The van der Waals surface area contributed by atoms with Gasteiger partial charge in [0, 0.05) is 0 Å². The smallest absolute Gasteiger partial charge is 0.335 e. The van der Waals surface area contributed by atoms with E-state index in [1.165, 1.54) is 5.57 Å². The number of aliphatic hydroxyl groups excluding tert-OH is 9. The number of aliphatic carboxylic acids is 1. The predicted octanol–water partition coefficient (Wildman–Crippen LogP) is 0.872. The maximum atomic E-state index is 14.6. The highest BCUT2D eigenvalue weighted by Gasteiger charge is 2.70. The molecular formula is C47H74O18. The number of ether oxygens (including phenoxy) is 6. The molecule has 7 fully saturated rings. The molecule has 0 aromatic rings. The maximum Gasteiger partial charge on any atom is 0.335 e. The van der Waals surface area contributed by atoms with E-state index in [1.807, 2.05) is 0 Å². The summed E-state index contributed by atoms with van der Waals surface area (Å²) < 4.78 is 34.9. The number of hydrogen-bond acceptors (Lipinski definition) is 17. The molecule has 0 unspecified atom stereocenters. The van der Waals surface area contributed by atoms with Crippen molar-refractivity contribution in [3.63, 3.8) is 0 Å². The molecule has 3 heterocycles. The van der Waals surface area contributed by atoms with Crippen molar-refractivity contribution in [1.29, 1.82) is 0 Å². The van der Waals surface area contributed by atoms with E-state index >= 15 is 0 Å². The number of carbonyl (C=O) groups is 2. The van der Waals surface area contributed by atoms with Crippen LogP contribution in [0.15, 0.2) is 11.6 Å². The van der Waals surface area contributed by atoms with Crippen LogP contribution < -0.4 is 0 Å². The van der Waals surface area contributed by atoms with Crippen molar-refractivity contribution in [3.05, 3.63) is 11.6 Å². The van der Waals surface area contributed by atoms with Crippen molar-refractivity contribution in [2.45, 2.75) is 205 Å². The Morgan fingerprint density at radius 1 is 0.708 bits per heavy atom. The van der Waals surface area contributed by atoms with Crippen molar-refractivity contribution in [2.75, 3.05) is 13.2 Å². The fourth-order valence-corrected chi connectivity index (χ4v) is 14.7. The Morgan fingerprint density at radius 2 is 1.37 bits per heavy atom. The number of fused-ring (bicyclic) bond motifs is 7. The average molecular weight is 927 g/mol. The molecule has 3 aliphatic heterocycles. The van der Waals surface area contributed by atoms with Crippen LogP contribution in [0.2, 0.25) is 0 Å². The largest absolute Gasteiger partial charge is 0.479 e. The van der Waals surface area contributed by atoms with Gasteiger partial charge in [-0.05, 0) is 109 Å². The Bertz CT molecular complexity index is 1820. The van der Waals surface area contributed by atoms with Crippen molar-refractivity contribution in [2.24, 2.45) is 50.2 Å². The standard InChI is InChI=1S/C47H74O18/c1-42(2)14-16-47(41(59)65-39-33(55)30(52)29(51)24(19-48)61-39)17-15-45(6)21(22(47)18-42)8-9-26-44(5)12-11-27(43(3,4)25(44)10-13-46(26,45)7)62-40-34(56)31(53)35(36(64-40)37(57)58)63-38-32(54)28(50)23(49)20-60-38/h8,22-36,38-40,48-56H,9-20H2,1-7H3,(H,57,58)/t22-,23+,24+,25-,26+,27-,28-,29+,30-,31+,32+,33+,34+,35-,36-,38-,39-,40+,44-,45+,46+,47-/m0/s1. The molecule has 370 valence electrons. The lowest BCUT2D eigenvalue weighted by Gasteiger charge is -2.71. The second-order valence-corrected chi connectivity index (χ2v) is 23.1. The Kier molecular flexibility index (Phi) is 13.1. The zero-order valence-corrected chi connectivity index (χ0v) is 38.7. The first-order chi connectivity index (χ1) is 30.3. The lowest BCUT2D eigenvalue weighted by molar-refractivity contribution is -0.354. The van der Waals surface area contributed by atoms with E-state index in [0.717, 1.165) is 44.9 Å². The molecule has 8 rings (SSSR count). The van der Waals surface area contributed by atoms with Gasteiger partial charge in [0.1, 0.15) is 61.0 Å². The zero-order valence-electron chi connectivity index (χ0n) is 38.7. The number of carboxylic acids is 1. The number of carboxylic acid groups (broad SMARTS) is 1. The van der Waals surface area contributed by atoms with Crippen LogP contribution in [0, 0.1) is 50.2 Å². The van der Waals surface area contributed by atoms with Crippen molar-refractivity contribution >= 4 is 11.9 Å². The van der Waals surface area contributed by atoms with Crippen LogP contribution in [0.3, 0.4) is 0 Å². The predicted molar refractivity (Wildman–Crippen MR) is 225 cm³/mol. The molecule has 10 N–H and O–H groups in total. The molecular weight excluding hydrogens is 852 g/mol. The van der Waals surface area contributed by atoms with Crippen molar-refractivity contribution in [3.8, 4) is 0 Å². The van der Waals surface area contributed by atoms with Gasteiger partial charge in [-0.15, -0.1) is 0 Å². The molecule has 8 aliphatic rings. The number of esters is 1. The highest BCUT2D eigenvalue weighted by atomic mass is 16.7. The summed E-state index contributed by atoms with van der Waals surface area (Å²) in [6.45, 7) is 14.9. The fourth-order valence-electron chi connectivity index (χ4n) is 14.7. The van der Waals surface area contributed by atoms with E-state index in [0.29, 0.717) is 19.3 Å². The third-order valence-electron chi connectivity index (χ3n) is 18.9. The summed E-state index contributed by atoms with van der Waals surface area (Å²) in [4.78, 5) is 27.2. The SMILES string of the molecule is CC1(C)CC[C@]2(C(=O)O[C@@H]3O[C@H](CO)[C@@H](O)[C@H](O)[C@H]3O)CC[C@]3(C)C(=CC[C@@H]4[C@@]5(C)CC[C@H](O[C@@H]6O[C@H](C(=O)O)[C@@H](O[C@@H]7OC[C@@H](O)[C@H](O)[C@H]7O)[C@H](O)[C@H]6O)C(C)(C)[C@@H]5CC[C@]43C)[C@@H]2C1. The second kappa shape index (κ2) is 17.2. The first kappa shape index (κ1) is 49.5. The van der Waals surface area contributed by atoms with Crippen LogP contribution in [0.1, 0.15) is 113 Å². The van der Waals surface area contributed by atoms with E-state index < -0.39 is 128 Å². The van der Waals surface area contributed by atoms with Gasteiger partial charge in [0.2, 0.25) is 6.29 Å². The van der Waals surface area contributed by atoms with Gasteiger partial charge < -0.3 is 79.5 Å². The van der Waals surface area contributed by atoms with Gasteiger partial charge in [0.15, 0.2) is 18.7 Å². The Balaban J connectivity index is 1.01. The Hall–Kier alpha value is -1.88. The van der Waals surface area contributed by atoms with Gasteiger partial charge in [0.05, 0.1) is 24.7 Å². The van der Waals surface area contributed by atoms with E-state index in [1.54, 1.807) is 0 Å². The normalized spacial score (nSPS) is 52.7. The van der Waals surface area contributed by atoms with Crippen LogP contribution >= 0.6 is 0 Å². The molecule has 65 heavy (non-hydrogen) atoms. The highest BCUT2D eigenvalue weighted by molar-refractivity contribution is 5.79. The molecule has 18 nitrogen and oxygen atoms in total. The number of carbonyl (C=O) groups excluding carboxylic acids is 1. The third kappa shape index (κ3) is 7.76. The number of allylic oxidation sites excluding steroid dienone is 2. The minimum Gasteiger partial charge on any atom is -0.479 e. The molecule has 18 heteroatoms. The van der Waals surface area contributed by atoms with Gasteiger partial charge >= 0.3 is 11.9 Å². The van der Waals surface area contributed by atoms with Crippen molar-refractivity contribution in [1.82, 2.24) is 0 Å². The molecule has 0 spiro atoms. The quantitative estimate of drug-likeness (QED) is 0.0918. The summed E-state index contributed by atoms with van der Waals surface area (Å²) in [5, 5.41) is 105. The molecule has 0 amide bonds. The summed E-state index contributed by atoms with van der Waals surface area (Å²) >= 11 is 0. The molecule has 0 aromatic heterocycles. The second-order valence-electron chi connectivity index (χ2n) is 23.1. The van der Waals surface area contributed by atoms with Crippen LogP contribution in [0.5, 0.6) is 0 Å². The summed E-state index contributed by atoms with van der Waals surface area (Å²) in [5.74, 6) is -1.77. The van der Waals surface area contributed by atoms with E-state index in [4.69, 9.17) is 28.4 Å². The minimum absolute atomic E-state index is 0.0646. The van der Waals surface area contributed by atoms with Crippen LogP contribution in [0.25, 0.3) is 0 Å². The summed E-state index contributed by atoms with van der Waals surface area (Å²) in [7, 11) is 0. The third-order valence-corrected chi connectivity index (χ3v) is 18.9. The van der Waals surface area contributed by atoms with Gasteiger partial charge in [-0.2, -0.15) is 0 Å². The summed E-state index contributed by atoms with van der Waals surface area (Å²) in [5.41, 5.74) is -0.801. The van der Waals surface area contributed by atoms with E-state index in [9.17, 15) is 60.7 Å². The van der Waals surface area contributed by atoms with Crippen LogP contribution in [0.4, 0.5) is 0 Å². The topological polar surface area (TPSA) is 292 Å². The van der Waals surface area contributed by atoms with Gasteiger partial charge in [-0.3, -0.25) is 4.79 Å². The van der Waals surface area contributed by atoms with E-state index in [-0.39, 0.29) is 39.4 Å². The lowest BCUT2D eigenvalue weighted by Crippen LogP contribution is -2.67. The van der Waals surface area contributed by atoms with Crippen molar-refractivity contribution < 1.29 is 89.1 Å². The van der Waals surface area contributed by atoms with E-state index in [2.05, 4.69) is 54.5 Å². The fraction of sp³-hybridized carbons (Fsp3) is 0.915. The monoisotopic (exact) mass is 926 g/mol. The van der Waals surface area contributed by atoms with Gasteiger partial charge in [-0.1, -0.05) is 60.1 Å². The average Bonchev–Trinajstić information content (AvgIpc) is 3.24. The molecule has 5 aliphatic carbocycles. The molecule has 0 aromatic carbocycles. The number of aliphatic hydroxyl groups is 9. The first-order valence-electron chi connectivity index (χ1n) is 23.7. The minimum atomic E-state index is -1.84. The molecule has 3 saturated heterocycles. The highest BCUT2D eigenvalue weighted by Crippen LogP contribution is 2.76.